The zero-order valence-electron chi connectivity index (χ0n) is 12.4. The summed E-state index contributed by atoms with van der Waals surface area (Å²) in [6, 6.07) is 21.5. The minimum absolute atomic E-state index is 0.0127. The normalized spacial score (nSPS) is 15.0. The third-order valence-electron chi connectivity index (χ3n) is 3.90. The summed E-state index contributed by atoms with van der Waals surface area (Å²) in [5.74, 6) is -0.0127. The van der Waals surface area contributed by atoms with E-state index in [1.807, 2.05) is 72.8 Å². The van der Waals surface area contributed by atoms with Crippen molar-refractivity contribution in [2.45, 2.75) is 0 Å². The molecular weight excluding hydrogens is 284 g/mol. The van der Waals surface area contributed by atoms with Crippen LogP contribution in [0.5, 0.6) is 0 Å². The van der Waals surface area contributed by atoms with Crippen molar-refractivity contribution >= 4 is 28.9 Å². The fraction of sp³-hybridized carbons (Fsp3) is 0. The van der Waals surface area contributed by atoms with Crippen molar-refractivity contribution in [2.24, 2.45) is 0 Å². The summed E-state index contributed by atoms with van der Waals surface area (Å²) < 4.78 is 0. The van der Waals surface area contributed by atoms with Crippen molar-refractivity contribution in [1.82, 2.24) is 4.98 Å². The van der Waals surface area contributed by atoms with Gasteiger partial charge in [0.1, 0.15) is 0 Å². The summed E-state index contributed by atoms with van der Waals surface area (Å²) >= 11 is 0. The predicted octanol–water partition coefficient (Wildman–Crippen LogP) is 4.30. The Labute approximate surface area is 134 Å². The first-order valence-electron chi connectivity index (χ1n) is 7.45. The molecule has 0 N–H and O–H groups in total. The van der Waals surface area contributed by atoms with Gasteiger partial charge in [0.05, 0.1) is 16.9 Å². The van der Waals surface area contributed by atoms with Gasteiger partial charge in [0.25, 0.3) is 5.91 Å². The topological polar surface area (TPSA) is 33.2 Å². The summed E-state index contributed by atoms with van der Waals surface area (Å²) in [5, 5.41) is 0. The van der Waals surface area contributed by atoms with Crippen molar-refractivity contribution in [3.05, 3.63) is 90.3 Å². The van der Waals surface area contributed by atoms with Crippen LogP contribution in [0.3, 0.4) is 0 Å². The van der Waals surface area contributed by atoms with E-state index in [0.717, 1.165) is 22.5 Å². The molecular formula is C20H14N2O. The highest BCUT2D eigenvalue weighted by molar-refractivity contribution is 6.37. The Kier molecular flexibility index (Phi) is 3.24. The molecule has 0 fully saturated rings. The first-order valence-corrected chi connectivity index (χ1v) is 7.45. The van der Waals surface area contributed by atoms with Crippen LogP contribution >= 0.6 is 0 Å². The Balaban J connectivity index is 1.87. The summed E-state index contributed by atoms with van der Waals surface area (Å²) in [5.41, 5.74) is 4.42. The zero-order valence-corrected chi connectivity index (χ0v) is 12.4. The number of aromatic nitrogens is 1. The standard InChI is InChI=1S/C20H14N2O/c23-20-18(14-15-6-2-1-3-7-15)17-8-4-5-9-19(17)22(20)16-10-12-21-13-11-16/h1-14H. The molecule has 2 heterocycles. The van der Waals surface area contributed by atoms with Crippen LogP contribution in [0.25, 0.3) is 11.6 Å². The maximum Gasteiger partial charge on any atom is 0.263 e. The van der Waals surface area contributed by atoms with Gasteiger partial charge < -0.3 is 0 Å². The number of amides is 1. The molecule has 0 bridgehead atoms. The molecule has 0 saturated carbocycles. The molecule has 23 heavy (non-hydrogen) atoms. The van der Waals surface area contributed by atoms with E-state index < -0.39 is 0 Å². The minimum Gasteiger partial charge on any atom is -0.276 e. The van der Waals surface area contributed by atoms with E-state index in [1.54, 1.807) is 17.3 Å². The lowest BCUT2D eigenvalue weighted by Crippen LogP contribution is -2.20. The van der Waals surface area contributed by atoms with Gasteiger partial charge in [0.15, 0.2) is 0 Å². The number of nitrogens with zero attached hydrogens (tertiary/aromatic N) is 2. The number of rotatable bonds is 2. The van der Waals surface area contributed by atoms with Crippen molar-refractivity contribution in [2.75, 3.05) is 4.90 Å². The lowest BCUT2D eigenvalue weighted by atomic mass is 10.0. The first-order chi connectivity index (χ1) is 11.3. The second-order valence-corrected chi connectivity index (χ2v) is 5.33. The average molecular weight is 298 g/mol. The predicted molar refractivity (Wildman–Crippen MR) is 92.1 cm³/mol. The van der Waals surface area contributed by atoms with Crippen molar-refractivity contribution in [3.8, 4) is 0 Å². The molecule has 0 atom stereocenters. The molecule has 1 amide bonds. The second-order valence-electron chi connectivity index (χ2n) is 5.33. The van der Waals surface area contributed by atoms with Crippen LogP contribution in [0.15, 0.2) is 79.1 Å². The number of carbonyl (C=O) groups is 1. The van der Waals surface area contributed by atoms with Crippen LogP contribution in [0.1, 0.15) is 11.1 Å². The van der Waals surface area contributed by atoms with E-state index >= 15 is 0 Å². The molecule has 110 valence electrons. The summed E-state index contributed by atoms with van der Waals surface area (Å²) in [6.45, 7) is 0. The molecule has 0 aliphatic carbocycles. The Morgan fingerprint density at radius 2 is 1.52 bits per heavy atom. The summed E-state index contributed by atoms with van der Waals surface area (Å²) in [6.07, 6.45) is 5.34. The van der Waals surface area contributed by atoms with Crippen molar-refractivity contribution < 1.29 is 4.79 Å². The van der Waals surface area contributed by atoms with Crippen LogP contribution in [0.4, 0.5) is 11.4 Å². The van der Waals surface area contributed by atoms with Gasteiger partial charge in [-0.05, 0) is 29.8 Å². The van der Waals surface area contributed by atoms with Gasteiger partial charge in [-0.1, -0.05) is 48.5 Å². The number of anilines is 2. The first kappa shape index (κ1) is 13.5. The monoisotopic (exact) mass is 298 g/mol. The maximum atomic E-state index is 13.0. The molecule has 0 spiro atoms. The van der Waals surface area contributed by atoms with Crippen molar-refractivity contribution in [1.29, 1.82) is 0 Å². The Bertz CT molecular complexity index is 886. The second kappa shape index (κ2) is 5.54. The number of hydrogen-bond donors (Lipinski definition) is 0. The highest BCUT2D eigenvalue weighted by Gasteiger charge is 2.32. The van der Waals surface area contributed by atoms with Crippen LogP contribution in [-0.2, 0) is 4.79 Å². The largest absolute Gasteiger partial charge is 0.276 e. The van der Waals surface area contributed by atoms with Gasteiger partial charge in [0, 0.05) is 18.0 Å². The third-order valence-corrected chi connectivity index (χ3v) is 3.90. The van der Waals surface area contributed by atoms with Crippen LogP contribution in [0.2, 0.25) is 0 Å². The molecule has 0 saturated heterocycles. The van der Waals surface area contributed by atoms with Gasteiger partial charge in [-0.3, -0.25) is 14.7 Å². The highest BCUT2D eigenvalue weighted by Crippen LogP contribution is 2.41. The van der Waals surface area contributed by atoms with E-state index in [-0.39, 0.29) is 5.91 Å². The number of pyridine rings is 1. The van der Waals surface area contributed by atoms with E-state index in [0.29, 0.717) is 5.57 Å². The summed E-state index contributed by atoms with van der Waals surface area (Å²) in [4.78, 5) is 18.8. The highest BCUT2D eigenvalue weighted by atomic mass is 16.2. The van der Waals surface area contributed by atoms with Crippen LogP contribution in [0, 0.1) is 0 Å². The van der Waals surface area contributed by atoms with Gasteiger partial charge in [-0.25, -0.2) is 0 Å². The molecule has 3 heteroatoms. The molecule has 1 aliphatic heterocycles. The number of hydrogen-bond acceptors (Lipinski definition) is 2. The Morgan fingerprint density at radius 1 is 0.826 bits per heavy atom. The molecule has 2 aromatic carbocycles. The Hall–Kier alpha value is -3.20. The molecule has 0 unspecified atom stereocenters. The molecule has 3 nitrogen and oxygen atoms in total. The third kappa shape index (κ3) is 2.32. The fourth-order valence-electron chi connectivity index (χ4n) is 2.85. The number of carbonyl (C=O) groups excluding carboxylic acids is 1. The van der Waals surface area contributed by atoms with E-state index in [9.17, 15) is 4.79 Å². The molecule has 1 aromatic heterocycles. The van der Waals surface area contributed by atoms with Crippen LogP contribution in [-0.4, -0.2) is 10.9 Å². The fourth-order valence-corrected chi connectivity index (χ4v) is 2.85. The number of para-hydroxylation sites is 1. The number of fused-ring (bicyclic) bond motifs is 1. The summed E-state index contributed by atoms with van der Waals surface area (Å²) in [7, 11) is 0. The van der Waals surface area contributed by atoms with Gasteiger partial charge >= 0.3 is 0 Å². The smallest absolute Gasteiger partial charge is 0.263 e. The van der Waals surface area contributed by atoms with Gasteiger partial charge in [-0.15, -0.1) is 0 Å². The molecule has 0 radical (unpaired) electrons. The maximum absolute atomic E-state index is 13.0. The van der Waals surface area contributed by atoms with Crippen molar-refractivity contribution in [3.63, 3.8) is 0 Å². The van der Waals surface area contributed by atoms with E-state index in [4.69, 9.17) is 0 Å². The SMILES string of the molecule is O=C1C(=Cc2ccccc2)c2ccccc2N1c1ccncc1. The van der Waals surface area contributed by atoms with E-state index in [2.05, 4.69) is 4.98 Å². The quantitative estimate of drug-likeness (QED) is 0.661. The number of benzene rings is 2. The van der Waals surface area contributed by atoms with Crippen LogP contribution < -0.4 is 4.90 Å². The molecule has 3 aromatic rings. The minimum atomic E-state index is -0.0127. The Morgan fingerprint density at radius 3 is 2.30 bits per heavy atom. The van der Waals surface area contributed by atoms with Gasteiger partial charge in [-0.2, -0.15) is 0 Å². The lowest BCUT2D eigenvalue weighted by molar-refractivity contribution is -0.112. The molecule has 1 aliphatic rings. The average Bonchev–Trinajstić information content (AvgIpc) is 2.89. The van der Waals surface area contributed by atoms with E-state index in [1.165, 1.54) is 0 Å². The van der Waals surface area contributed by atoms with Gasteiger partial charge in [0.2, 0.25) is 0 Å². The zero-order chi connectivity index (χ0) is 15.6. The molecule has 4 rings (SSSR count). The lowest BCUT2D eigenvalue weighted by Gasteiger charge is -2.16.